The predicted octanol–water partition coefficient (Wildman–Crippen LogP) is 2.66. The topological polar surface area (TPSA) is 58.6 Å². The van der Waals surface area contributed by atoms with Gasteiger partial charge in [0.05, 0.1) is 5.69 Å². The first-order valence-corrected chi connectivity index (χ1v) is 3.84. The molecule has 16 heavy (non-hydrogen) atoms. The monoisotopic (exact) mass is 239 g/mol. The van der Waals surface area contributed by atoms with Crippen molar-refractivity contribution in [1.82, 2.24) is 0 Å². The molecule has 0 aliphatic heterocycles. The molecule has 8 heteroatoms. The van der Waals surface area contributed by atoms with Gasteiger partial charge in [-0.1, -0.05) is 0 Å². The summed E-state index contributed by atoms with van der Waals surface area (Å²) in [6, 6.07) is 0.730. The molecule has 88 valence electrons. The summed E-state index contributed by atoms with van der Waals surface area (Å²) in [6.45, 7) is -3.29. The third kappa shape index (κ3) is 3.01. The zero-order valence-electron chi connectivity index (χ0n) is 7.51. The van der Waals surface area contributed by atoms with E-state index in [1.165, 1.54) is 0 Å². The van der Waals surface area contributed by atoms with Crippen LogP contribution in [0.3, 0.4) is 0 Å². The number of hydrogen-bond donors (Lipinski definition) is 2. The number of carbonyl (C=O) groups is 1. The molecule has 0 fully saturated rings. The first-order chi connectivity index (χ1) is 7.40. The normalized spacial score (nSPS) is 10.3. The van der Waals surface area contributed by atoms with Crippen LogP contribution in [0.1, 0.15) is 0 Å². The fourth-order valence-corrected chi connectivity index (χ4v) is 0.926. The number of hydrogen-bond acceptors (Lipinski definition) is 2. The number of halogens is 4. The molecule has 0 saturated carbocycles. The predicted molar refractivity (Wildman–Crippen MR) is 44.6 cm³/mol. The molecule has 2 N–H and O–H groups in total. The van der Waals surface area contributed by atoms with Crippen LogP contribution in [0.4, 0.5) is 28.0 Å². The number of benzene rings is 1. The molecule has 0 aliphatic carbocycles. The van der Waals surface area contributed by atoms with Crippen LogP contribution in [0.25, 0.3) is 0 Å². The van der Waals surface area contributed by atoms with E-state index in [0.717, 1.165) is 0 Å². The molecule has 0 saturated heterocycles. The third-order valence-electron chi connectivity index (χ3n) is 1.48. The van der Waals surface area contributed by atoms with Crippen LogP contribution in [-0.4, -0.2) is 17.8 Å². The van der Waals surface area contributed by atoms with Gasteiger partial charge in [-0.3, -0.25) is 5.32 Å². The maximum absolute atomic E-state index is 12.9. The number of amides is 1. The lowest BCUT2D eigenvalue weighted by Crippen LogP contribution is -2.10. The van der Waals surface area contributed by atoms with E-state index in [1.54, 1.807) is 5.32 Å². The van der Waals surface area contributed by atoms with Crippen molar-refractivity contribution in [2.75, 3.05) is 5.32 Å². The van der Waals surface area contributed by atoms with Gasteiger partial charge in [-0.2, -0.15) is 8.78 Å². The summed E-state index contributed by atoms with van der Waals surface area (Å²) >= 11 is 0. The van der Waals surface area contributed by atoms with E-state index >= 15 is 0 Å². The van der Waals surface area contributed by atoms with Crippen molar-refractivity contribution in [3.05, 3.63) is 23.8 Å². The molecule has 4 nitrogen and oxygen atoms in total. The van der Waals surface area contributed by atoms with E-state index < -0.39 is 35.8 Å². The highest BCUT2D eigenvalue weighted by molar-refractivity contribution is 5.83. The minimum atomic E-state index is -3.29. The van der Waals surface area contributed by atoms with Crippen LogP contribution in [-0.2, 0) is 0 Å². The highest BCUT2D eigenvalue weighted by atomic mass is 19.3. The summed E-state index contributed by atoms with van der Waals surface area (Å²) in [5, 5.41) is 9.84. The minimum Gasteiger partial charge on any atom is -0.465 e. The Morgan fingerprint density at radius 3 is 2.44 bits per heavy atom. The second-order valence-corrected chi connectivity index (χ2v) is 2.57. The smallest absolute Gasteiger partial charge is 0.409 e. The van der Waals surface area contributed by atoms with Crippen molar-refractivity contribution in [2.45, 2.75) is 6.61 Å². The molecule has 0 bridgehead atoms. The maximum Gasteiger partial charge on any atom is 0.409 e. The fraction of sp³-hybridized carbons (Fsp3) is 0.125. The quantitative estimate of drug-likeness (QED) is 0.797. The molecule has 0 aromatic heterocycles. The first kappa shape index (κ1) is 12.1. The van der Waals surface area contributed by atoms with Gasteiger partial charge in [-0.25, -0.2) is 13.6 Å². The van der Waals surface area contributed by atoms with Crippen molar-refractivity contribution in [3.63, 3.8) is 0 Å². The van der Waals surface area contributed by atoms with E-state index in [4.69, 9.17) is 5.11 Å². The Labute approximate surface area is 86.4 Å². The van der Waals surface area contributed by atoms with Crippen LogP contribution in [0.5, 0.6) is 5.75 Å². The highest BCUT2D eigenvalue weighted by Crippen LogP contribution is 2.26. The Hall–Kier alpha value is -1.99. The highest BCUT2D eigenvalue weighted by Gasteiger charge is 2.15. The van der Waals surface area contributed by atoms with Crippen molar-refractivity contribution in [1.29, 1.82) is 0 Å². The minimum absolute atomic E-state index is 0.239. The molecular formula is C8H5F4NO3. The Morgan fingerprint density at radius 2 is 1.94 bits per heavy atom. The maximum atomic E-state index is 12.9. The Balaban J connectivity index is 3.05. The number of nitrogens with one attached hydrogen (secondary N) is 1. The number of rotatable bonds is 3. The van der Waals surface area contributed by atoms with Gasteiger partial charge in [-0.15, -0.1) is 0 Å². The summed E-state index contributed by atoms with van der Waals surface area (Å²) in [4.78, 5) is 10.2. The molecule has 1 amide bonds. The fourth-order valence-electron chi connectivity index (χ4n) is 0.926. The van der Waals surface area contributed by atoms with Gasteiger partial charge in [-0.05, 0) is 0 Å². The molecule has 0 unspecified atom stereocenters. The van der Waals surface area contributed by atoms with Gasteiger partial charge in [0.2, 0.25) is 0 Å². The van der Waals surface area contributed by atoms with E-state index in [9.17, 15) is 22.4 Å². The molecule has 0 spiro atoms. The van der Waals surface area contributed by atoms with Crippen LogP contribution >= 0.6 is 0 Å². The van der Waals surface area contributed by atoms with Crippen LogP contribution in [0, 0.1) is 11.6 Å². The molecule has 1 rings (SSSR count). The number of alkyl halides is 2. The van der Waals surface area contributed by atoms with Gasteiger partial charge >= 0.3 is 12.7 Å². The average molecular weight is 239 g/mol. The lowest BCUT2D eigenvalue weighted by atomic mass is 10.2. The molecule has 0 atom stereocenters. The van der Waals surface area contributed by atoms with E-state index in [-0.39, 0.29) is 6.07 Å². The second-order valence-electron chi connectivity index (χ2n) is 2.57. The van der Waals surface area contributed by atoms with Gasteiger partial charge < -0.3 is 9.84 Å². The Bertz CT molecular complexity index is 411. The van der Waals surface area contributed by atoms with E-state index in [0.29, 0.717) is 6.07 Å². The summed E-state index contributed by atoms with van der Waals surface area (Å²) in [6.07, 6.45) is -1.62. The number of carboxylic acid groups (broad SMARTS) is 1. The molecule has 0 heterocycles. The number of anilines is 1. The molecule has 1 aromatic rings. The largest absolute Gasteiger partial charge is 0.465 e. The lowest BCUT2D eigenvalue weighted by Gasteiger charge is -2.08. The van der Waals surface area contributed by atoms with Gasteiger partial charge in [0.15, 0.2) is 11.6 Å². The summed E-state index contributed by atoms with van der Waals surface area (Å²) in [7, 11) is 0. The molecular weight excluding hydrogens is 234 g/mol. The average Bonchev–Trinajstić information content (AvgIpc) is 2.11. The lowest BCUT2D eigenvalue weighted by molar-refractivity contribution is -0.0522. The van der Waals surface area contributed by atoms with Gasteiger partial charge in [0.1, 0.15) is 5.82 Å². The third-order valence-corrected chi connectivity index (χ3v) is 1.48. The number of ether oxygens (including phenoxy) is 1. The van der Waals surface area contributed by atoms with Crippen molar-refractivity contribution in [3.8, 4) is 5.75 Å². The van der Waals surface area contributed by atoms with Crippen molar-refractivity contribution in [2.24, 2.45) is 0 Å². The van der Waals surface area contributed by atoms with Crippen LogP contribution < -0.4 is 10.1 Å². The summed E-state index contributed by atoms with van der Waals surface area (Å²) < 4.78 is 53.0. The van der Waals surface area contributed by atoms with Gasteiger partial charge in [0.25, 0.3) is 0 Å². The van der Waals surface area contributed by atoms with E-state index in [2.05, 4.69) is 4.74 Å². The van der Waals surface area contributed by atoms with E-state index in [1.807, 2.05) is 0 Å². The second kappa shape index (κ2) is 4.69. The zero-order valence-corrected chi connectivity index (χ0v) is 7.51. The SMILES string of the molecule is O=C(O)Nc1cc(OC(F)F)c(F)cc1F. The molecule has 1 aromatic carbocycles. The molecule has 0 aliphatic rings. The Morgan fingerprint density at radius 1 is 1.31 bits per heavy atom. The summed E-state index contributed by atoms with van der Waals surface area (Å²) in [5.41, 5.74) is -0.676. The van der Waals surface area contributed by atoms with Crippen LogP contribution in [0.2, 0.25) is 0 Å². The van der Waals surface area contributed by atoms with Crippen molar-refractivity contribution >= 4 is 11.8 Å². The molecule has 0 radical (unpaired) electrons. The van der Waals surface area contributed by atoms with Crippen molar-refractivity contribution < 1.29 is 32.2 Å². The summed E-state index contributed by atoms with van der Waals surface area (Å²) in [5.74, 6) is -3.53. The Kier molecular flexibility index (Phi) is 3.54. The van der Waals surface area contributed by atoms with Crippen LogP contribution in [0.15, 0.2) is 12.1 Å². The van der Waals surface area contributed by atoms with Gasteiger partial charge in [0, 0.05) is 12.1 Å². The standard InChI is InChI=1S/C8H5F4NO3/c9-3-1-4(10)6(16-7(11)12)2-5(3)13-8(14)15/h1-2,7,13H,(H,14,15). The zero-order chi connectivity index (χ0) is 12.3. The first-order valence-electron chi connectivity index (χ1n) is 3.84.